The second kappa shape index (κ2) is 6.68. The zero-order chi connectivity index (χ0) is 12.8. The van der Waals surface area contributed by atoms with Crippen LogP contribution in [0.2, 0.25) is 0 Å². The Morgan fingerprint density at radius 2 is 2.17 bits per heavy atom. The van der Waals surface area contributed by atoms with Crippen LogP contribution in [0.3, 0.4) is 0 Å². The lowest BCUT2D eigenvalue weighted by atomic mass is 10.0. The number of hydrazine groups is 1. The molecule has 1 atom stereocenters. The highest BCUT2D eigenvalue weighted by atomic mass is 32.1. The van der Waals surface area contributed by atoms with E-state index in [9.17, 15) is 0 Å². The highest BCUT2D eigenvalue weighted by molar-refractivity contribution is 7.80. The Hall–Kier alpha value is -1.17. The smallest absolute Gasteiger partial charge is 0.180 e. The van der Waals surface area contributed by atoms with Crippen LogP contribution in [-0.2, 0) is 6.54 Å². The Labute approximate surface area is 114 Å². The molecular formula is C13H20N4S. The summed E-state index contributed by atoms with van der Waals surface area (Å²) in [6, 6.07) is 11.0. The molecule has 4 nitrogen and oxygen atoms in total. The normalized spacial score (nSPS) is 20.4. The summed E-state index contributed by atoms with van der Waals surface area (Å²) in [5.74, 6) is 5.28. The van der Waals surface area contributed by atoms with Crippen LogP contribution in [0.25, 0.3) is 0 Å². The molecule has 1 saturated heterocycles. The van der Waals surface area contributed by atoms with E-state index in [0.717, 1.165) is 26.1 Å². The molecule has 2 rings (SSSR count). The van der Waals surface area contributed by atoms with E-state index in [1.807, 2.05) is 0 Å². The highest BCUT2D eigenvalue weighted by Gasteiger charge is 2.20. The molecule has 0 bridgehead atoms. The van der Waals surface area contributed by atoms with E-state index in [0.29, 0.717) is 11.2 Å². The Bertz CT molecular complexity index is 382. The molecule has 18 heavy (non-hydrogen) atoms. The number of rotatable bonds is 3. The quantitative estimate of drug-likeness (QED) is 0.432. The van der Waals surface area contributed by atoms with Crippen LogP contribution in [0.5, 0.6) is 0 Å². The fourth-order valence-corrected chi connectivity index (χ4v) is 2.55. The van der Waals surface area contributed by atoms with E-state index < -0.39 is 0 Å². The molecule has 1 aromatic carbocycles. The van der Waals surface area contributed by atoms with Gasteiger partial charge in [-0.2, -0.15) is 0 Å². The maximum atomic E-state index is 5.28. The molecule has 0 radical (unpaired) electrons. The summed E-state index contributed by atoms with van der Waals surface area (Å²) in [6.07, 6.45) is 2.34. The Morgan fingerprint density at radius 3 is 2.89 bits per heavy atom. The second-order valence-corrected chi connectivity index (χ2v) is 5.09. The Kier molecular flexibility index (Phi) is 4.92. The standard InChI is InChI=1S/C13H20N4S/c14-16-13(18)15-12-7-4-8-17(10-12)9-11-5-2-1-3-6-11/h1-3,5-6,12H,4,7-10,14H2,(H2,15,16,18). The summed E-state index contributed by atoms with van der Waals surface area (Å²) >= 11 is 5.04. The van der Waals surface area contributed by atoms with Crippen molar-refractivity contribution >= 4 is 17.3 Å². The number of hydrogen-bond acceptors (Lipinski definition) is 3. The minimum atomic E-state index is 0.394. The Morgan fingerprint density at radius 1 is 1.39 bits per heavy atom. The summed E-state index contributed by atoms with van der Waals surface area (Å²) in [5.41, 5.74) is 3.84. The SMILES string of the molecule is NNC(=S)NC1CCCN(Cc2ccccc2)C1. The van der Waals surface area contributed by atoms with Crippen molar-refractivity contribution in [3.05, 3.63) is 35.9 Å². The first-order valence-electron chi connectivity index (χ1n) is 6.31. The number of piperidine rings is 1. The van der Waals surface area contributed by atoms with Gasteiger partial charge in [0.15, 0.2) is 5.11 Å². The van der Waals surface area contributed by atoms with Gasteiger partial charge in [-0.25, -0.2) is 5.84 Å². The fourth-order valence-electron chi connectivity index (χ4n) is 2.39. The van der Waals surface area contributed by atoms with E-state index in [2.05, 4.69) is 46.0 Å². The summed E-state index contributed by atoms with van der Waals surface area (Å²) in [7, 11) is 0. The summed E-state index contributed by atoms with van der Waals surface area (Å²) in [6.45, 7) is 3.16. The van der Waals surface area contributed by atoms with Crippen LogP contribution in [0.1, 0.15) is 18.4 Å². The van der Waals surface area contributed by atoms with E-state index in [4.69, 9.17) is 18.1 Å². The third kappa shape index (κ3) is 3.94. The third-order valence-electron chi connectivity index (χ3n) is 3.22. The molecule has 4 N–H and O–H groups in total. The maximum Gasteiger partial charge on any atom is 0.180 e. The first kappa shape index (κ1) is 13.3. The van der Waals surface area contributed by atoms with Crippen molar-refractivity contribution in [1.29, 1.82) is 0 Å². The lowest BCUT2D eigenvalue weighted by Crippen LogP contribution is -2.51. The van der Waals surface area contributed by atoms with Crippen molar-refractivity contribution in [2.45, 2.75) is 25.4 Å². The molecule has 0 saturated carbocycles. The van der Waals surface area contributed by atoms with Crippen molar-refractivity contribution in [3.8, 4) is 0 Å². The monoisotopic (exact) mass is 264 g/mol. The zero-order valence-electron chi connectivity index (χ0n) is 10.4. The topological polar surface area (TPSA) is 53.3 Å². The molecule has 1 aliphatic rings. The average Bonchev–Trinajstić information content (AvgIpc) is 2.40. The predicted octanol–water partition coefficient (Wildman–Crippen LogP) is 0.989. The van der Waals surface area contributed by atoms with Gasteiger partial charge in [0.1, 0.15) is 0 Å². The van der Waals surface area contributed by atoms with Crippen LogP contribution >= 0.6 is 12.2 Å². The molecule has 0 amide bonds. The molecule has 0 aliphatic carbocycles. The van der Waals surface area contributed by atoms with Crippen molar-refractivity contribution in [3.63, 3.8) is 0 Å². The Balaban J connectivity index is 1.85. The van der Waals surface area contributed by atoms with Gasteiger partial charge < -0.3 is 10.7 Å². The van der Waals surface area contributed by atoms with Crippen LogP contribution in [0, 0.1) is 0 Å². The van der Waals surface area contributed by atoms with Gasteiger partial charge in [0, 0.05) is 19.1 Å². The first-order chi connectivity index (χ1) is 8.78. The predicted molar refractivity (Wildman–Crippen MR) is 77.8 cm³/mol. The van der Waals surface area contributed by atoms with Crippen molar-refractivity contribution in [1.82, 2.24) is 15.6 Å². The number of thiocarbonyl (C=S) groups is 1. The molecule has 0 aromatic heterocycles. The molecule has 1 heterocycles. The molecule has 1 unspecified atom stereocenters. The second-order valence-electron chi connectivity index (χ2n) is 4.68. The first-order valence-corrected chi connectivity index (χ1v) is 6.72. The van der Waals surface area contributed by atoms with Crippen LogP contribution < -0.4 is 16.6 Å². The third-order valence-corrected chi connectivity index (χ3v) is 3.46. The molecule has 1 aromatic rings. The zero-order valence-corrected chi connectivity index (χ0v) is 11.2. The van der Waals surface area contributed by atoms with Crippen LogP contribution in [0.4, 0.5) is 0 Å². The molecular weight excluding hydrogens is 244 g/mol. The van der Waals surface area contributed by atoms with Crippen molar-refractivity contribution < 1.29 is 0 Å². The number of likely N-dealkylation sites (tertiary alicyclic amines) is 1. The lowest BCUT2D eigenvalue weighted by molar-refractivity contribution is 0.193. The highest BCUT2D eigenvalue weighted by Crippen LogP contribution is 2.13. The largest absolute Gasteiger partial charge is 0.358 e. The summed E-state index contributed by atoms with van der Waals surface area (Å²) in [5, 5.41) is 3.77. The van der Waals surface area contributed by atoms with Gasteiger partial charge in [0.2, 0.25) is 0 Å². The fraction of sp³-hybridized carbons (Fsp3) is 0.462. The number of nitrogens with zero attached hydrogens (tertiary/aromatic N) is 1. The minimum absolute atomic E-state index is 0.394. The van der Waals surface area contributed by atoms with Gasteiger partial charge in [-0.1, -0.05) is 30.3 Å². The molecule has 0 spiro atoms. The van der Waals surface area contributed by atoms with Gasteiger partial charge in [-0.15, -0.1) is 0 Å². The maximum absolute atomic E-state index is 5.28. The molecule has 98 valence electrons. The number of nitrogens with one attached hydrogen (secondary N) is 2. The van der Waals surface area contributed by atoms with Gasteiger partial charge in [-0.05, 0) is 37.2 Å². The van der Waals surface area contributed by atoms with E-state index in [1.165, 1.54) is 12.0 Å². The van der Waals surface area contributed by atoms with E-state index in [1.54, 1.807) is 0 Å². The van der Waals surface area contributed by atoms with Crippen LogP contribution in [-0.4, -0.2) is 29.1 Å². The number of nitrogens with two attached hydrogens (primary N) is 1. The van der Waals surface area contributed by atoms with Gasteiger partial charge >= 0.3 is 0 Å². The van der Waals surface area contributed by atoms with Crippen LogP contribution in [0.15, 0.2) is 30.3 Å². The summed E-state index contributed by atoms with van der Waals surface area (Å²) < 4.78 is 0. The molecule has 1 aliphatic heterocycles. The molecule has 5 heteroatoms. The number of hydrogen-bond donors (Lipinski definition) is 3. The lowest BCUT2D eigenvalue weighted by Gasteiger charge is -2.33. The number of benzene rings is 1. The molecule has 1 fully saturated rings. The van der Waals surface area contributed by atoms with E-state index >= 15 is 0 Å². The van der Waals surface area contributed by atoms with Gasteiger partial charge in [0.25, 0.3) is 0 Å². The van der Waals surface area contributed by atoms with Gasteiger partial charge in [-0.3, -0.25) is 4.90 Å². The van der Waals surface area contributed by atoms with Gasteiger partial charge in [0.05, 0.1) is 0 Å². The van der Waals surface area contributed by atoms with E-state index in [-0.39, 0.29) is 0 Å². The van der Waals surface area contributed by atoms with Crippen molar-refractivity contribution in [2.24, 2.45) is 5.84 Å². The van der Waals surface area contributed by atoms with Crippen molar-refractivity contribution in [2.75, 3.05) is 13.1 Å². The minimum Gasteiger partial charge on any atom is -0.358 e. The average molecular weight is 264 g/mol. The summed E-state index contributed by atoms with van der Waals surface area (Å²) in [4.78, 5) is 2.45.